The van der Waals surface area contributed by atoms with Crippen LogP contribution < -0.4 is 5.73 Å². The largest absolute Gasteiger partial charge is 0.462 e. The molecule has 2 aromatic rings. The number of anilines is 1. The minimum atomic E-state index is -0.593. The van der Waals surface area contributed by atoms with E-state index in [4.69, 9.17) is 26.8 Å². The number of hydrogen-bond donors (Lipinski definition) is 1. The normalized spacial score (nSPS) is 10.1. The Morgan fingerprint density at radius 2 is 1.96 bits per heavy atom. The quantitative estimate of drug-likeness (QED) is 0.773. The zero-order valence-electron chi connectivity index (χ0n) is 13.4. The molecule has 0 bridgehead atoms. The number of benzene rings is 1. The summed E-state index contributed by atoms with van der Waals surface area (Å²) in [5, 5.41) is 9.98. The highest BCUT2D eigenvalue weighted by atomic mass is 35.5. The van der Waals surface area contributed by atoms with Crippen LogP contribution in [0.5, 0.6) is 0 Å². The third kappa shape index (κ3) is 4.72. The number of rotatable bonds is 6. The Balaban J connectivity index is 2.11. The summed E-state index contributed by atoms with van der Waals surface area (Å²) in [5.41, 5.74) is 6.91. The maximum absolute atomic E-state index is 12.0. The van der Waals surface area contributed by atoms with Gasteiger partial charge in [-0.25, -0.2) is 4.79 Å². The molecule has 0 atom stereocenters. The van der Waals surface area contributed by atoms with Gasteiger partial charge in [-0.1, -0.05) is 23.7 Å². The summed E-state index contributed by atoms with van der Waals surface area (Å²) in [5.74, 6) is -1.09. The number of nitrogen functional groups attached to an aromatic ring is 1. The van der Waals surface area contributed by atoms with Gasteiger partial charge in [0.05, 0.1) is 18.6 Å². The van der Waals surface area contributed by atoms with E-state index in [0.717, 1.165) is 16.9 Å². The maximum Gasteiger partial charge on any atom is 0.348 e. The van der Waals surface area contributed by atoms with Gasteiger partial charge >= 0.3 is 11.9 Å². The zero-order valence-corrected chi connectivity index (χ0v) is 14.9. The van der Waals surface area contributed by atoms with E-state index in [-0.39, 0.29) is 40.6 Å². The van der Waals surface area contributed by atoms with Crippen LogP contribution in [0.25, 0.3) is 0 Å². The molecule has 2 rings (SSSR count). The smallest absolute Gasteiger partial charge is 0.348 e. The van der Waals surface area contributed by atoms with Gasteiger partial charge in [0.25, 0.3) is 0 Å². The fraction of sp³-hybridized carbons (Fsp3) is 0.235. The third-order valence-corrected chi connectivity index (χ3v) is 4.54. The first-order valence-corrected chi connectivity index (χ1v) is 8.54. The average molecular weight is 379 g/mol. The van der Waals surface area contributed by atoms with Crippen LogP contribution in [0.1, 0.15) is 33.3 Å². The minimum absolute atomic E-state index is 0.0490. The number of esters is 2. The second-order valence-electron chi connectivity index (χ2n) is 4.95. The van der Waals surface area contributed by atoms with Crippen LogP contribution in [-0.2, 0) is 27.3 Å². The van der Waals surface area contributed by atoms with Gasteiger partial charge in [-0.05, 0) is 24.6 Å². The van der Waals surface area contributed by atoms with Crippen LogP contribution in [0.3, 0.4) is 0 Å². The summed E-state index contributed by atoms with van der Waals surface area (Å²) in [4.78, 5) is 24.2. The number of halogens is 1. The lowest BCUT2D eigenvalue weighted by Gasteiger charge is -2.07. The van der Waals surface area contributed by atoms with Crippen molar-refractivity contribution in [2.75, 3.05) is 12.3 Å². The molecule has 0 spiro atoms. The maximum atomic E-state index is 12.0. The number of nitrogens with zero attached hydrogens (tertiary/aromatic N) is 1. The van der Waals surface area contributed by atoms with Crippen molar-refractivity contribution in [1.29, 1.82) is 5.26 Å². The highest BCUT2D eigenvalue weighted by Gasteiger charge is 2.23. The molecule has 1 aromatic carbocycles. The summed E-state index contributed by atoms with van der Waals surface area (Å²) in [6.07, 6.45) is 0.0490. The lowest BCUT2D eigenvalue weighted by molar-refractivity contribution is -0.144. The number of ether oxygens (including phenoxy) is 2. The molecule has 0 aliphatic rings. The van der Waals surface area contributed by atoms with E-state index >= 15 is 0 Å². The second kappa shape index (κ2) is 8.51. The molecule has 2 N–H and O–H groups in total. The van der Waals surface area contributed by atoms with Crippen LogP contribution in [-0.4, -0.2) is 18.5 Å². The second-order valence-corrected chi connectivity index (χ2v) is 6.43. The van der Waals surface area contributed by atoms with Crippen molar-refractivity contribution < 1.29 is 19.1 Å². The molecular weight excluding hydrogens is 364 g/mol. The Labute approximate surface area is 153 Å². The fourth-order valence-corrected chi connectivity index (χ4v) is 3.12. The number of carbonyl (C=O) groups is 2. The van der Waals surface area contributed by atoms with Gasteiger partial charge in [0, 0.05) is 10.6 Å². The molecular formula is C17H15ClN2O4S. The highest BCUT2D eigenvalue weighted by molar-refractivity contribution is 7.18. The molecule has 0 fully saturated rings. The van der Waals surface area contributed by atoms with Crippen LogP contribution in [0.4, 0.5) is 5.00 Å². The number of nitrogens with two attached hydrogens (primary N) is 1. The molecule has 1 aromatic heterocycles. The Morgan fingerprint density at radius 1 is 1.28 bits per heavy atom. The van der Waals surface area contributed by atoms with E-state index in [1.807, 2.05) is 6.07 Å². The van der Waals surface area contributed by atoms with Crippen molar-refractivity contribution in [3.8, 4) is 6.07 Å². The number of thiophene rings is 1. The van der Waals surface area contributed by atoms with E-state index in [2.05, 4.69) is 0 Å². The van der Waals surface area contributed by atoms with Gasteiger partial charge in [0.2, 0.25) is 0 Å². The van der Waals surface area contributed by atoms with Crippen molar-refractivity contribution in [2.45, 2.75) is 20.0 Å². The molecule has 1 heterocycles. The standard InChI is InChI=1S/C17H15ClN2O4S/c1-2-23-17(22)15-13(12(8-19)16(20)25-15)9-24-14(21)7-10-3-5-11(18)6-4-10/h3-6H,2,7,9,20H2,1H3. The molecule has 130 valence electrons. The van der Waals surface area contributed by atoms with Crippen LogP contribution in [0.2, 0.25) is 5.02 Å². The number of carbonyl (C=O) groups excluding carboxylic acids is 2. The summed E-state index contributed by atoms with van der Waals surface area (Å²) in [6, 6.07) is 8.72. The summed E-state index contributed by atoms with van der Waals surface area (Å²) < 4.78 is 10.2. The summed E-state index contributed by atoms with van der Waals surface area (Å²) in [6.45, 7) is 1.64. The summed E-state index contributed by atoms with van der Waals surface area (Å²) >= 11 is 6.74. The van der Waals surface area contributed by atoms with E-state index < -0.39 is 11.9 Å². The average Bonchev–Trinajstić information content (AvgIpc) is 2.91. The van der Waals surface area contributed by atoms with Gasteiger partial charge in [-0.15, -0.1) is 11.3 Å². The van der Waals surface area contributed by atoms with Crippen molar-refractivity contribution in [1.82, 2.24) is 0 Å². The van der Waals surface area contributed by atoms with E-state index in [0.29, 0.717) is 5.02 Å². The Kier molecular flexibility index (Phi) is 6.39. The van der Waals surface area contributed by atoms with Crippen molar-refractivity contribution in [2.24, 2.45) is 0 Å². The molecule has 0 unspecified atom stereocenters. The molecule has 25 heavy (non-hydrogen) atoms. The monoisotopic (exact) mass is 378 g/mol. The van der Waals surface area contributed by atoms with E-state index in [1.165, 1.54) is 0 Å². The molecule has 0 aliphatic heterocycles. The molecule has 8 heteroatoms. The molecule has 0 saturated heterocycles. The Bertz CT molecular complexity index is 824. The van der Waals surface area contributed by atoms with Gasteiger partial charge in [0.1, 0.15) is 22.6 Å². The number of hydrogen-bond acceptors (Lipinski definition) is 7. The molecule has 0 amide bonds. The van der Waals surface area contributed by atoms with Gasteiger partial charge < -0.3 is 15.2 Å². The topological polar surface area (TPSA) is 102 Å². The molecule has 0 saturated carbocycles. The first kappa shape index (κ1) is 18.8. The van der Waals surface area contributed by atoms with Crippen molar-refractivity contribution >= 4 is 39.9 Å². The molecule has 6 nitrogen and oxygen atoms in total. The lowest BCUT2D eigenvalue weighted by Crippen LogP contribution is -2.11. The van der Waals surface area contributed by atoms with E-state index in [1.54, 1.807) is 31.2 Å². The first-order chi connectivity index (χ1) is 12.0. The minimum Gasteiger partial charge on any atom is -0.462 e. The van der Waals surface area contributed by atoms with Crippen molar-refractivity contribution in [3.63, 3.8) is 0 Å². The van der Waals surface area contributed by atoms with Gasteiger partial charge in [-0.2, -0.15) is 5.26 Å². The van der Waals surface area contributed by atoms with Crippen LogP contribution in [0.15, 0.2) is 24.3 Å². The van der Waals surface area contributed by atoms with Crippen LogP contribution in [0, 0.1) is 11.3 Å². The molecule has 0 radical (unpaired) electrons. The first-order valence-electron chi connectivity index (χ1n) is 7.34. The fourth-order valence-electron chi connectivity index (χ4n) is 2.08. The lowest BCUT2D eigenvalue weighted by atomic mass is 10.1. The number of nitriles is 1. The Morgan fingerprint density at radius 3 is 2.56 bits per heavy atom. The summed E-state index contributed by atoms with van der Waals surface area (Å²) in [7, 11) is 0. The Hall–Kier alpha value is -2.56. The van der Waals surface area contributed by atoms with Crippen LogP contribution >= 0.6 is 22.9 Å². The van der Waals surface area contributed by atoms with Gasteiger partial charge in [-0.3, -0.25) is 4.79 Å². The van der Waals surface area contributed by atoms with Gasteiger partial charge in [0.15, 0.2) is 0 Å². The SMILES string of the molecule is CCOC(=O)c1sc(N)c(C#N)c1COC(=O)Cc1ccc(Cl)cc1. The van der Waals surface area contributed by atoms with Crippen molar-refractivity contribution in [3.05, 3.63) is 50.9 Å². The third-order valence-electron chi connectivity index (χ3n) is 3.25. The van der Waals surface area contributed by atoms with E-state index in [9.17, 15) is 14.9 Å². The predicted molar refractivity (Wildman–Crippen MR) is 94.4 cm³/mol. The predicted octanol–water partition coefficient (Wildman–Crippen LogP) is 3.32. The highest BCUT2D eigenvalue weighted by Crippen LogP contribution is 2.31. The zero-order chi connectivity index (χ0) is 18.4. The molecule has 0 aliphatic carbocycles.